The number of hydrogen-bond acceptors (Lipinski definition) is 11. The van der Waals surface area contributed by atoms with Gasteiger partial charge in [-0.05, 0) is 6.92 Å². The van der Waals surface area contributed by atoms with Crippen LogP contribution >= 0.6 is 22.6 Å². The Morgan fingerprint density at radius 2 is 1.45 bits per heavy atom. The molecule has 0 radical (unpaired) electrons. The predicted octanol–water partition coefficient (Wildman–Crippen LogP) is -1.35. The summed E-state index contributed by atoms with van der Waals surface area (Å²) in [6.07, 6.45) is -2.42. The van der Waals surface area contributed by atoms with Gasteiger partial charge < -0.3 is 28.8 Å². The van der Waals surface area contributed by atoms with Crippen molar-refractivity contribution in [1.82, 2.24) is 19.1 Å². The van der Waals surface area contributed by atoms with E-state index in [-0.39, 0.29) is 0 Å². The van der Waals surface area contributed by atoms with Crippen LogP contribution in [0.3, 0.4) is 0 Å². The van der Waals surface area contributed by atoms with Gasteiger partial charge in [-0.15, -0.1) is 0 Å². The second-order valence-electron chi connectivity index (χ2n) is 8.45. The molecule has 38 heavy (non-hydrogen) atoms. The van der Waals surface area contributed by atoms with Crippen molar-refractivity contribution in [2.75, 3.05) is 18.6 Å². The van der Waals surface area contributed by atoms with Crippen LogP contribution in [0.4, 0.5) is 0 Å². The number of aliphatic hydroxyl groups excluding tert-OH is 1. The molecule has 4 heterocycles. The van der Waals surface area contributed by atoms with Crippen LogP contribution in [0.25, 0.3) is 0 Å². The number of carbonyl (C=O) groups excluding carboxylic acids is 1. The minimum Gasteiger partial charge on any atom is -0.457 e. The molecule has 0 amide bonds. The minimum absolute atomic E-state index is 0.400. The molecular weight excluding hydrogens is 623 g/mol. The van der Waals surface area contributed by atoms with E-state index in [1.807, 2.05) is 0 Å². The summed E-state index contributed by atoms with van der Waals surface area (Å²) in [6, 6.07) is 2.43. The fourth-order valence-electron chi connectivity index (χ4n) is 4.19. The Morgan fingerprint density at radius 3 is 1.87 bits per heavy atom. The third kappa shape index (κ3) is 6.49. The predicted molar refractivity (Wildman–Crippen MR) is 138 cm³/mol. The smallest absolute Gasteiger partial charge is 0.330 e. The first-order valence-corrected chi connectivity index (χ1v) is 13.0. The molecule has 2 fully saturated rings. The first kappa shape index (κ1) is 29.9. The number of alkyl halides is 1. The monoisotopic (exact) mass is 652 g/mol. The molecule has 2 aromatic heterocycles. The van der Waals surface area contributed by atoms with Gasteiger partial charge in [-0.2, -0.15) is 0 Å². The molecule has 2 aromatic rings. The van der Waals surface area contributed by atoms with E-state index in [0.29, 0.717) is 4.43 Å². The molecule has 8 atom stereocenters. The summed E-state index contributed by atoms with van der Waals surface area (Å²) in [5.41, 5.74) is -2.17. The molecule has 3 N–H and O–H groups in total. The molecule has 2 aliphatic rings. The average Bonchev–Trinajstić information content (AvgIpc) is 3.34. The Balaban J connectivity index is 0.000000215. The summed E-state index contributed by atoms with van der Waals surface area (Å²) < 4.78 is 29.9. The Kier molecular flexibility index (Phi) is 10.2. The van der Waals surface area contributed by atoms with Crippen molar-refractivity contribution < 1.29 is 33.6 Å². The lowest BCUT2D eigenvalue weighted by Crippen LogP contribution is -2.40. The quantitative estimate of drug-likeness (QED) is 0.190. The number of rotatable bonds is 6. The third-order valence-electron chi connectivity index (χ3n) is 5.99. The van der Waals surface area contributed by atoms with Crippen LogP contribution in [-0.2, 0) is 28.5 Å². The van der Waals surface area contributed by atoms with Crippen LogP contribution in [0.15, 0.2) is 43.7 Å². The first-order valence-electron chi connectivity index (χ1n) is 11.4. The van der Waals surface area contributed by atoms with Crippen molar-refractivity contribution in [1.29, 1.82) is 0 Å². The lowest BCUT2D eigenvalue weighted by molar-refractivity contribution is -0.153. The molecule has 4 rings (SSSR count). The van der Waals surface area contributed by atoms with Gasteiger partial charge in [0.2, 0.25) is 0 Å². The van der Waals surface area contributed by atoms with E-state index in [4.69, 9.17) is 23.7 Å². The Labute approximate surface area is 228 Å². The molecule has 0 aromatic carbocycles. The van der Waals surface area contributed by atoms with Crippen molar-refractivity contribution in [3.05, 3.63) is 66.2 Å². The zero-order chi connectivity index (χ0) is 28.1. The van der Waals surface area contributed by atoms with Crippen molar-refractivity contribution in [2.24, 2.45) is 0 Å². The summed E-state index contributed by atoms with van der Waals surface area (Å²) in [5.74, 6) is -0.449. The van der Waals surface area contributed by atoms with E-state index in [9.17, 15) is 29.1 Å². The highest BCUT2D eigenvalue weighted by molar-refractivity contribution is 14.1. The van der Waals surface area contributed by atoms with Gasteiger partial charge in [-0.3, -0.25) is 33.5 Å². The zero-order valence-electron chi connectivity index (χ0n) is 20.9. The number of aliphatic hydroxyl groups is 1. The number of methoxy groups -OCH3 is 2. The van der Waals surface area contributed by atoms with Crippen LogP contribution < -0.4 is 22.5 Å². The summed E-state index contributed by atoms with van der Waals surface area (Å²) in [7, 11) is 2.88. The largest absolute Gasteiger partial charge is 0.457 e. The van der Waals surface area contributed by atoms with Crippen molar-refractivity contribution in [3.8, 4) is 0 Å². The molecule has 16 heteroatoms. The van der Waals surface area contributed by atoms with Crippen molar-refractivity contribution in [3.63, 3.8) is 0 Å². The van der Waals surface area contributed by atoms with Crippen LogP contribution in [0.5, 0.6) is 0 Å². The maximum absolute atomic E-state index is 11.9. The summed E-state index contributed by atoms with van der Waals surface area (Å²) in [4.78, 5) is 61.0. The number of aromatic amines is 2. The molecule has 0 bridgehead atoms. The van der Waals surface area contributed by atoms with Gasteiger partial charge in [-0.25, -0.2) is 9.59 Å². The number of ether oxygens (including phenoxy) is 5. The molecule has 2 aliphatic heterocycles. The van der Waals surface area contributed by atoms with E-state index in [1.54, 1.807) is 6.92 Å². The molecular formula is C22H29IN4O11. The van der Waals surface area contributed by atoms with Gasteiger partial charge in [0.1, 0.15) is 24.4 Å². The summed E-state index contributed by atoms with van der Waals surface area (Å²) in [6.45, 7) is 2.99. The molecule has 0 aliphatic carbocycles. The molecule has 210 valence electrons. The Bertz CT molecular complexity index is 1340. The second kappa shape index (κ2) is 12.9. The van der Waals surface area contributed by atoms with Gasteiger partial charge in [0.05, 0.1) is 6.10 Å². The number of aromatic nitrogens is 4. The average molecular weight is 652 g/mol. The molecule has 2 saturated heterocycles. The highest BCUT2D eigenvalue weighted by atomic mass is 127. The van der Waals surface area contributed by atoms with Gasteiger partial charge in [0.15, 0.2) is 18.6 Å². The second-order valence-corrected chi connectivity index (χ2v) is 9.33. The third-order valence-corrected chi connectivity index (χ3v) is 6.86. The number of hydrogen-bond donors (Lipinski definition) is 3. The van der Waals surface area contributed by atoms with Gasteiger partial charge in [0.25, 0.3) is 11.1 Å². The maximum atomic E-state index is 11.9. The summed E-state index contributed by atoms with van der Waals surface area (Å²) in [5, 5.41) is 9.80. The number of esters is 1. The molecule has 2 unspecified atom stereocenters. The first-order chi connectivity index (χ1) is 18.0. The minimum atomic E-state index is -0.816. The number of nitrogens with one attached hydrogen (secondary N) is 2. The van der Waals surface area contributed by atoms with Crippen LogP contribution in [0, 0.1) is 0 Å². The lowest BCUT2D eigenvalue weighted by atomic mass is 10.1. The SMILES string of the molecule is COC1[C@@H](O)[C@@H](C)O[C@H]1n1ccc(=O)[nH]c1=O.COC1[C@@H](OC(C)=O)[C@@H](CI)O[C@H]1n1ccc(=O)[nH]c1=O. The van der Waals surface area contributed by atoms with E-state index in [2.05, 4.69) is 32.6 Å². The highest BCUT2D eigenvalue weighted by Crippen LogP contribution is 2.33. The van der Waals surface area contributed by atoms with Gasteiger partial charge >= 0.3 is 17.3 Å². The van der Waals surface area contributed by atoms with Crippen molar-refractivity contribution >= 4 is 28.6 Å². The number of nitrogens with zero attached hydrogens (tertiary/aromatic N) is 2. The normalized spacial score (nSPS) is 30.5. The summed E-state index contributed by atoms with van der Waals surface area (Å²) >= 11 is 2.10. The molecule has 0 spiro atoms. The van der Waals surface area contributed by atoms with Crippen LogP contribution in [-0.4, -0.2) is 85.4 Å². The van der Waals surface area contributed by atoms with Crippen molar-refractivity contribution in [2.45, 2.75) is 62.9 Å². The highest BCUT2D eigenvalue weighted by Gasteiger charge is 2.48. The van der Waals surface area contributed by atoms with Gasteiger partial charge in [0, 0.05) is 50.1 Å². The number of carbonyl (C=O) groups is 1. The standard InChI is InChI=1S/C12H15IN2O6.C10H14N2O5/c1-6(16)20-9-7(5-13)21-11(10(9)19-2)15-4-3-8(17)14-12(15)18;1-5-7(14)8(16-2)9(17-5)12-4-3-6(13)11-10(12)15/h3-4,7,9-11H,5H2,1-2H3,(H,14,17,18);3-5,7-9,14H,1-2H3,(H,11,13,15)/t7-,9+,10?,11-;5-,7+,8?,9-/m11/s1. The van der Waals surface area contributed by atoms with Gasteiger partial charge in [-0.1, -0.05) is 22.6 Å². The molecule has 0 saturated carbocycles. The lowest BCUT2D eigenvalue weighted by Gasteiger charge is -2.22. The Hall–Kier alpha value is -2.64. The fourth-order valence-corrected chi connectivity index (χ4v) is 4.90. The van der Waals surface area contributed by atoms with E-state index in [0.717, 1.165) is 0 Å². The number of halogens is 1. The van der Waals surface area contributed by atoms with Crippen LogP contribution in [0.2, 0.25) is 0 Å². The maximum Gasteiger partial charge on any atom is 0.330 e. The number of H-pyrrole nitrogens is 2. The van der Waals surface area contributed by atoms with E-state index < -0.39 is 77.5 Å². The fraction of sp³-hybridized carbons (Fsp3) is 0.591. The van der Waals surface area contributed by atoms with E-state index in [1.165, 1.54) is 54.8 Å². The van der Waals surface area contributed by atoms with Crippen LogP contribution in [0.1, 0.15) is 26.3 Å². The zero-order valence-corrected chi connectivity index (χ0v) is 23.1. The topological polar surface area (TPSA) is 193 Å². The van der Waals surface area contributed by atoms with E-state index >= 15 is 0 Å². The Morgan fingerprint density at radius 1 is 0.947 bits per heavy atom. The molecule has 15 nitrogen and oxygen atoms in total.